The predicted molar refractivity (Wildman–Crippen MR) is 103 cm³/mol. The van der Waals surface area contributed by atoms with E-state index in [1.54, 1.807) is 42.3 Å². The smallest absolute Gasteiger partial charge is 0.274 e. The first-order valence-electron chi connectivity index (χ1n) is 9.76. The minimum atomic E-state index is -1.11. The van der Waals surface area contributed by atoms with Crippen LogP contribution in [0.2, 0.25) is 0 Å². The summed E-state index contributed by atoms with van der Waals surface area (Å²) in [6.07, 6.45) is 4.84. The fourth-order valence-electron chi connectivity index (χ4n) is 4.19. The number of piperidine rings is 1. The molecule has 0 aromatic carbocycles. The van der Waals surface area contributed by atoms with Crippen LogP contribution in [-0.2, 0) is 4.74 Å². The molecule has 2 aliphatic heterocycles. The van der Waals surface area contributed by atoms with Gasteiger partial charge in [-0.05, 0) is 44.0 Å². The van der Waals surface area contributed by atoms with Crippen LogP contribution in [0.15, 0.2) is 36.7 Å². The molecular formula is C20H25N5O4. The second-order valence-corrected chi connectivity index (χ2v) is 8.04. The average Bonchev–Trinajstić information content (AvgIpc) is 3.26. The molecule has 3 N–H and O–H groups in total. The van der Waals surface area contributed by atoms with Gasteiger partial charge in [-0.1, -0.05) is 0 Å². The fraction of sp³-hybridized carbons (Fsp3) is 0.500. The minimum Gasteiger partial charge on any atom is -0.388 e. The van der Waals surface area contributed by atoms with Gasteiger partial charge in [-0.2, -0.15) is 5.10 Å². The molecular weight excluding hydrogens is 374 g/mol. The number of nitrogens with one attached hydrogen (secondary N) is 2. The van der Waals surface area contributed by atoms with Crippen LogP contribution in [0, 0.1) is 0 Å². The van der Waals surface area contributed by atoms with Gasteiger partial charge in [-0.25, -0.2) is 0 Å². The van der Waals surface area contributed by atoms with Crippen molar-refractivity contribution in [2.75, 3.05) is 19.7 Å². The highest BCUT2D eigenvalue weighted by Gasteiger charge is 2.50. The summed E-state index contributed by atoms with van der Waals surface area (Å²) in [5.74, 6) is -0.421. The number of hydrogen-bond donors (Lipinski definition) is 3. The van der Waals surface area contributed by atoms with Crippen molar-refractivity contribution in [1.29, 1.82) is 0 Å². The second kappa shape index (κ2) is 7.57. The second-order valence-electron chi connectivity index (χ2n) is 8.04. The molecule has 9 heteroatoms. The van der Waals surface area contributed by atoms with E-state index in [2.05, 4.69) is 20.5 Å². The third-order valence-corrected chi connectivity index (χ3v) is 5.89. The average molecular weight is 399 g/mol. The Bertz CT molecular complexity index is 860. The van der Waals surface area contributed by atoms with Crippen LogP contribution in [0.4, 0.5) is 0 Å². The number of aromatic amines is 1. The summed E-state index contributed by atoms with van der Waals surface area (Å²) in [6.45, 7) is 2.99. The van der Waals surface area contributed by atoms with E-state index in [1.807, 2.05) is 0 Å². The summed E-state index contributed by atoms with van der Waals surface area (Å²) in [4.78, 5) is 29.5. The third-order valence-electron chi connectivity index (χ3n) is 5.89. The van der Waals surface area contributed by atoms with Gasteiger partial charge >= 0.3 is 0 Å². The zero-order valence-electron chi connectivity index (χ0n) is 16.3. The summed E-state index contributed by atoms with van der Waals surface area (Å²) in [5, 5.41) is 21.6. The maximum Gasteiger partial charge on any atom is 0.274 e. The molecule has 2 aromatic rings. The number of carbonyl (C=O) groups is 2. The molecule has 29 heavy (non-hydrogen) atoms. The minimum absolute atomic E-state index is 0.147. The Kier molecular flexibility index (Phi) is 5.10. The van der Waals surface area contributed by atoms with Crippen molar-refractivity contribution >= 4 is 11.8 Å². The molecule has 2 amide bonds. The molecule has 9 nitrogen and oxygen atoms in total. The van der Waals surface area contributed by atoms with Gasteiger partial charge in [0.05, 0.1) is 23.9 Å². The molecule has 0 radical (unpaired) electrons. The highest BCUT2D eigenvalue weighted by Crippen LogP contribution is 2.39. The van der Waals surface area contributed by atoms with Gasteiger partial charge in [0, 0.05) is 31.9 Å². The number of hydrogen-bond acceptors (Lipinski definition) is 6. The zero-order valence-corrected chi connectivity index (χ0v) is 16.3. The van der Waals surface area contributed by atoms with E-state index in [0.717, 1.165) is 0 Å². The Balaban J connectivity index is 1.36. The van der Waals surface area contributed by atoms with Crippen LogP contribution in [0.5, 0.6) is 0 Å². The molecule has 2 fully saturated rings. The first-order chi connectivity index (χ1) is 13.9. The highest BCUT2D eigenvalue weighted by molar-refractivity contribution is 5.93. The first kappa shape index (κ1) is 19.5. The molecule has 4 heterocycles. The van der Waals surface area contributed by atoms with Gasteiger partial charge < -0.3 is 25.0 Å². The van der Waals surface area contributed by atoms with Gasteiger partial charge in [0.25, 0.3) is 11.8 Å². The Morgan fingerprint density at radius 3 is 2.72 bits per heavy atom. The molecule has 154 valence electrons. The van der Waals surface area contributed by atoms with Crippen molar-refractivity contribution in [2.24, 2.45) is 0 Å². The van der Waals surface area contributed by atoms with E-state index in [1.165, 1.54) is 6.20 Å². The van der Waals surface area contributed by atoms with E-state index in [9.17, 15) is 14.7 Å². The number of ether oxygens (including phenoxy) is 1. The molecule has 0 aliphatic carbocycles. The van der Waals surface area contributed by atoms with Crippen LogP contribution in [0.3, 0.4) is 0 Å². The highest BCUT2D eigenvalue weighted by atomic mass is 16.5. The largest absolute Gasteiger partial charge is 0.388 e. The topological polar surface area (TPSA) is 120 Å². The van der Waals surface area contributed by atoms with E-state index in [-0.39, 0.29) is 18.4 Å². The predicted octanol–water partition coefficient (Wildman–Crippen LogP) is 0.749. The van der Waals surface area contributed by atoms with Crippen LogP contribution in [0.25, 0.3) is 0 Å². The summed E-state index contributed by atoms with van der Waals surface area (Å²) >= 11 is 0. The van der Waals surface area contributed by atoms with Gasteiger partial charge in [0.15, 0.2) is 5.69 Å². The van der Waals surface area contributed by atoms with E-state index >= 15 is 0 Å². The van der Waals surface area contributed by atoms with Crippen molar-refractivity contribution in [2.45, 2.75) is 43.4 Å². The van der Waals surface area contributed by atoms with E-state index in [4.69, 9.17) is 4.74 Å². The van der Waals surface area contributed by atoms with Crippen molar-refractivity contribution in [3.8, 4) is 0 Å². The monoisotopic (exact) mass is 399 g/mol. The number of carbonyl (C=O) groups excluding carboxylic acids is 2. The van der Waals surface area contributed by atoms with Crippen molar-refractivity contribution in [1.82, 2.24) is 25.4 Å². The molecule has 4 rings (SSSR count). The lowest BCUT2D eigenvalue weighted by Crippen LogP contribution is -2.64. The van der Waals surface area contributed by atoms with Crippen LogP contribution >= 0.6 is 0 Å². The van der Waals surface area contributed by atoms with E-state index < -0.39 is 17.2 Å². The lowest BCUT2D eigenvalue weighted by Gasteiger charge is -2.51. The number of likely N-dealkylation sites (tertiary alicyclic amines) is 1. The maximum atomic E-state index is 12.6. The van der Waals surface area contributed by atoms with Crippen molar-refractivity contribution < 1.29 is 19.4 Å². The Morgan fingerprint density at radius 1 is 1.31 bits per heavy atom. The molecule has 2 aromatic heterocycles. The molecule has 2 saturated heterocycles. The number of rotatable bonds is 3. The van der Waals surface area contributed by atoms with Crippen molar-refractivity contribution in [3.63, 3.8) is 0 Å². The fourth-order valence-corrected chi connectivity index (χ4v) is 4.19. The SMILES string of the molecule is C[C@]1(O)CC2(CCN(C(=O)c3cccnn3)CC2)OC[C@@H]1NC(=O)c1ccc[nH]1. The molecule has 0 bridgehead atoms. The normalized spacial score (nSPS) is 26.3. The van der Waals surface area contributed by atoms with Crippen molar-refractivity contribution in [3.05, 3.63) is 48.0 Å². The Morgan fingerprint density at radius 2 is 2.10 bits per heavy atom. The summed E-state index contributed by atoms with van der Waals surface area (Å²) < 4.78 is 6.16. The van der Waals surface area contributed by atoms with E-state index in [0.29, 0.717) is 43.7 Å². The number of aliphatic hydroxyl groups is 1. The van der Waals surface area contributed by atoms with Crippen LogP contribution < -0.4 is 5.32 Å². The Hall–Kier alpha value is -2.78. The number of aromatic nitrogens is 3. The number of H-pyrrole nitrogens is 1. The number of amides is 2. The quantitative estimate of drug-likeness (QED) is 0.700. The van der Waals surface area contributed by atoms with Crippen LogP contribution in [0.1, 0.15) is 47.2 Å². The lowest BCUT2D eigenvalue weighted by molar-refractivity contribution is -0.183. The first-order valence-corrected chi connectivity index (χ1v) is 9.76. The summed E-state index contributed by atoms with van der Waals surface area (Å²) in [5.41, 5.74) is -0.850. The molecule has 2 atom stereocenters. The zero-order chi connectivity index (χ0) is 20.5. The third kappa shape index (κ3) is 4.01. The standard InChI is InChI=1S/C20H25N5O4/c1-19(28)13-20(29-12-16(19)23-17(26)14-4-2-8-21-14)6-10-25(11-7-20)18(27)15-5-3-9-22-24-15/h2-5,8-9,16,21,28H,6-7,10-13H2,1H3,(H,23,26)/t16-,19-/m0/s1. The lowest BCUT2D eigenvalue weighted by atomic mass is 9.75. The molecule has 0 unspecified atom stereocenters. The molecule has 1 spiro atoms. The summed E-state index contributed by atoms with van der Waals surface area (Å²) in [7, 11) is 0. The van der Waals surface area contributed by atoms with Gasteiger partial charge in [0.2, 0.25) is 0 Å². The molecule has 2 aliphatic rings. The van der Waals surface area contributed by atoms with Gasteiger partial charge in [0.1, 0.15) is 5.69 Å². The number of nitrogens with zero attached hydrogens (tertiary/aromatic N) is 3. The molecule has 0 saturated carbocycles. The van der Waals surface area contributed by atoms with Gasteiger partial charge in [-0.3, -0.25) is 9.59 Å². The summed E-state index contributed by atoms with van der Waals surface area (Å²) in [6, 6.07) is 6.26. The van der Waals surface area contributed by atoms with Gasteiger partial charge in [-0.15, -0.1) is 5.10 Å². The maximum absolute atomic E-state index is 12.6. The Labute approximate surface area is 168 Å². The van der Waals surface area contributed by atoms with Crippen LogP contribution in [-0.4, -0.2) is 73.9 Å².